The first-order valence-electron chi connectivity index (χ1n) is 12.4. The zero-order chi connectivity index (χ0) is 28.1. The molecule has 4 aromatic rings. The molecule has 1 fully saturated rings. The van der Waals surface area contributed by atoms with Crippen molar-refractivity contribution in [2.45, 2.75) is 0 Å². The van der Waals surface area contributed by atoms with Crippen LogP contribution >= 0.6 is 0 Å². The van der Waals surface area contributed by atoms with Crippen molar-refractivity contribution in [2.75, 3.05) is 48.2 Å². The second kappa shape index (κ2) is 11.6. The number of morpholine rings is 1. The number of rotatable bonds is 9. The van der Waals surface area contributed by atoms with E-state index in [4.69, 9.17) is 4.74 Å². The molecule has 5 rings (SSSR count). The van der Waals surface area contributed by atoms with Crippen LogP contribution in [0.5, 0.6) is 0 Å². The molecule has 1 saturated heterocycles. The number of fused-ring (bicyclic) bond motifs is 1. The fraction of sp³-hybridized carbons (Fsp3) is 0.222. The minimum atomic E-state index is -3.85. The van der Waals surface area contributed by atoms with E-state index in [0.717, 1.165) is 35.4 Å². The number of anilines is 2. The van der Waals surface area contributed by atoms with E-state index in [1.807, 2.05) is 18.2 Å². The number of carboxylic acid groups (broad SMARTS) is 1. The van der Waals surface area contributed by atoms with Gasteiger partial charge in [0.15, 0.2) is 0 Å². The van der Waals surface area contributed by atoms with Gasteiger partial charge in [-0.15, -0.1) is 0 Å². The minimum Gasteiger partial charge on any atom is -0.478 e. The fourth-order valence-electron chi connectivity index (χ4n) is 4.40. The Kier molecular flexibility index (Phi) is 7.84. The monoisotopic (exact) mass is 562 g/mol. The summed E-state index contributed by atoms with van der Waals surface area (Å²) in [6.45, 7) is 2.47. The number of nitrogens with one attached hydrogen (secondary N) is 2. The van der Waals surface area contributed by atoms with Gasteiger partial charge in [-0.25, -0.2) is 23.2 Å². The molecule has 1 aliphatic heterocycles. The zero-order valence-electron chi connectivity index (χ0n) is 21.3. The van der Waals surface area contributed by atoms with E-state index in [2.05, 4.69) is 29.9 Å². The molecular formula is C27H26N6O6S. The summed E-state index contributed by atoms with van der Waals surface area (Å²) in [5.41, 5.74) is 2.35. The quantitative estimate of drug-likeness (QED) is 0.276. The van der Waals surface area contributed by atoms with Crippen LogP contribution < -0.4 is 14.9 Å². The summed E-state index contributed by atoms with van der Waals surface area (Å²) in [6.07, 6.45) is 4.57. The van der Waals surface area contributed by atoms with E-state index in [1.165, 1.54) is 36.8 Å². The van der Waals surface area contributed by atoms with Gasteiger partial charge in [0.1, 0.15) is 12.1 Å². The Balaban J connectivity index is 1.28. The second-order valence-corrected chi connectivity index (χ2v) is 10.9. The molecule has 206 valence electrons. The predicted molar refractivity (Wildman–Crippen MR) is 149 cm³/mol. The number of carboxylic acids is 1. The molecule has 0 bridgehead atoms. The number of sulfonamides is 1. The standard InChI is InChI=1S/C27H26N6O6S/c34-26(21-3-1-2-4-22(21)27(35)36)29-7-12-40(37,38)32-20-13-19(15-28-16-20)18-5-6-24-23(14-18)25(31-17-30-24)33-8-10-39-11-9-33/h1-6,13-17,32H,7-12H2,(H,29,34)(H,35,36). The fourth-order valence-corrected chi connectivity index (χ4v) is 5.34. The van der Waals surface area contributed by atoms with Gasteiger partial charge in [0.2, 0.25) is 10.0 Å². The summed E-state index contributed by atoms with van der Waals surface area (Å²) in [4.78, 5) is 39.0. The van der Waals surface area contributed by atoms with E-state index in [-0.39, 0.29) is 23.4 Å². The van der Waals surface area contributed by atoms with Crippen LogP contribution in [0.4, 0.5) is 11.5 Å². The van der Waals surface area contributed by atoms with Gasteiger partial charge in [0.25, 0.3) is 5.91 Å². The Morgan fingerprint density at radius 3 is 2.52 bits per heavy atom. The van der Waals surface area contributed by atoms with Crippen LogP contribution in [0.15, 0.2) is 67.3 Å². The van der Waals surface area contributed by atoms with Gasteiger partial charge < -0.3 is 20.1 Å². The van der Waals surface area contributed by atoms with Crippen molar-refractivity contribution < 1.29 is 27.9 Å². The summed E-state index contributed by atoms with van der Waals surface area (Å²) in [6, 6.07) is 13.1. The summed E-state index contributed by atoms with van der Waals surface area (Å²) < 4.78 is 33.4. The van der Waals surface area contributed by atoms with Gasteiger partial charge in [-0.1, -0.05) is 18.2 Å². The number of carbonyl (C=O) groups is 2. The molecule has 0 radical (unpaired) electrons. The maximum atomic E-state index is 12.7. The molecule has 13 heteroatoms. The normalized spacial score (nSPS) is 13.7. The molecule has 1 aliphatic rings. The summed E-state index contributed by atoms with van der Waals surface area (Å²) in [7, 11) is -3.85. The molecule has 40 heavy (non-hydrogen) atoms. The third kappa shape index (κ3) is 6.16. The van der Waals surface area contributed by atoms with Crippen molar-refractivity contribution in [3.8, 4) is 11.1 Å². The van der Waals surface area contributed by atoms with Crippen LogP contribution in [0.3, 0.4) is 0 Å². The number of amides is 1. The lowest BCUT2D eigenvalue weighted by Crippen LogP contribution is -2.36. The molecule has 0 atom stereocenters. The Morgan fingerprint density at radius 1 is 0.975 bits per heavy atom. The van der Waals surface area contributed by atoms with Gasteiger partial charge in [0.05, 0.1) is 47.5 Å². The van der Waals surface area contributed by atoms with E-state index >= 15 is 0 Å². The van der Waals surface area contributed by atoms with Crippen molar-refractivity contribution in [1.29, 1.82) is 0 Å². The molecular weight excluding hydrogens is 536 g/mol. The highest BCUT2D eigenvalue weighted by molar-refractivity contribution is 7.92. The molecule has 2 aromatic carbocycles. The first-order chi connectivity index (χ1) is 19.3. The number of hydrogen-bond donors (Lipinski definition) is 3. The zero-order valence-corrected chi connectivity index (χ0v) is 22.1. The third-order valence-electron chi connectivity index (χ3n) is 6.33. The summed E-state index contributed by atoms with van der Waals surface area (Å²) in [5, 5.41) is 12.6. The first kappa shape index (κ1) is 27.0. The number of benzene rings is 2. The molecule has 0 saturated carbocycles. The van der Waals surface area contributed by atoms with Gasteiger partial charge >= 0.3 is 5.97 Å². The van der Waals surface area contributed by atoms with Crippen molar-refractivity contribution in [1.82, 2.24) is 20.3 Å². The lowest BCUT2D eigenvalue weighted by atomic mass is 10.0. The van der Waals surface area contributed by atoms with E-state index in [9.17, 15) is 23.1 Å². The number of aromatic carboxylic acids is 1. The number of pyridine rings is 1. The van der Waals surface area contributed by atoms with E-state index in [1.54, 1.807) is 12.3 Å². The molecule has 2 aromatic heterocycles. The molecule has 12 nitrogen and oxygen atoms in total. The van der Waals surface area contributed by atoms with Gasteiger partial charge in [-0.3, -0.25) is 14.5 Å². The highest BCUT2D eigenvalue weighted by atomic mass is 32.2. The Bertz CT molecular complexity index is 1670. The Hall–Kier alpha value is -4.62. The number of hydrogen-bond acceptors (Lipinski definition) is 9. The maximum Gasteiger partial charge on any atom is 0.336 e. The highest BCUT2D eigenvalue weighted by Crippen LogP contribution is 2.30. The second-order valence-electron chi connectivity index (χ2n) is 9.02. The molecule has 0 spiro atoms. The van der Waals surface area contributed by atoms with Gasteiger partial charge in [-0.2, -0.15) is 0 Å². The van der Waals surface area contributed by atoms with Crippen LogP contribution in [-0.2, 0) is 14.8 Å². The summed E-state index contributed by atoms with van der Waals surface area (Å²) in [5.74, 6) is -1.53. The predicted octanol–water partition coefficient (Wildman–Crippen LogP) is 2.40. The Labute approximate surface area is 230 Å². The van der Waals surface area contributed by atoms with Crippen LogP contribution in [0.2, 0.25) is 0 Å². The summed E-state index contributed by atoms with van der Waals surface area (Å²) >= 11 is 0. The maximum absolute atomic E-state index is 12.7. The lowest BCUT2D eigenvalue weighted by Gasteiger charge is -2.28. The molecule has 3 N–H and O–H groups in total. The van der Waals surface area contributed by atoms with Gasteiger partial charge in [0, 0.05) is 36.8 Å². The van der Waals surface area contributed by atoms with Crippen LogP contribution in [0.1, 0.15) is 20.7 Å². The van der Waals surface area contributed by atoms with Crippen LogP contribution in [0, 0.1) is 0 Å². The van der Waals surface area contributed by atoms with Crippen molar-refractivity contribution in [3.63, 3.8) is 0 Å². The average molecular weight is 563 g/mol. The van der Waals surface area contributed by atoms with E-state index in [0.29, 0.717) is 18.8 Å². The van der Waals surface area contributed by atoms with Crippen LogP contribution in [0.25, 0.3) is 22.0 Å². The number of nitrogens with zero attached hydrogens (tertiary/aromatic N) is 4. The molecule has 0 aliphatic carbocycles. The first-order valence-corrected chi connectivity index (χ1v) is 14.1. The highest BCUT2D eigenvalue weighted by Gasteiger charge is 2.18. The molecule has 0 unspecified atom stereocenters. The molecule has 3 heterocycles. The number of aromatic nitrogens is 3. The molecule has 1 amide bonds. The van der Waals surface area contributed by atoms with E-state index < -0.39 is 27.7 Å². The lowest BCUT2D eigenvalue weighted by molar-refractivity contribution is 0.0691. The number of ether oxygens (including phenoxy) is 1. The Morgan fingerprint density at radius 2 is 1.75 bits per heavy atom. The largest absolute Gasteiger partial charge is 0.478 e. The van der Waals surface area contributed by atoms with Crippen molar-refractivity contribution in [2.24, 2.45) is 0 Å². The SMILES string of the molecule is O=C(O)c1ccccc1C(=O)NCCS(=O)(=O)Nc1cncc(-c2ccc3ncnc(N4CCOCC4)c3c2)c1. The minimum absolute atomic E-state index is 0.0465. The smallest absolute Gasteiger partial charge is 0.336 e. The average Bonchev–Trinajstić information content (AvgIpc) is 2.96. The van der Waals surface area contributed by atoms with Gasteiger partial charge in [-0.05, 0) is 35.9 Å². The number of carbonyl (C=O) groups excluding carboxylic acids is 1. The topological polar surface area (TPSA) is 164 Å². The van der Waals surface area contributed by atoms with Crippen molar-refractivity contribution in [3.05, 3.63) is 78.4 Å². The van der Waals surface area contributed by atoms with Crippen LogP contribution in [-0.4, -0.2) is 79.0 Å². The van der Waals surface area contributed by atoms with Crippen molar-refractivity contribution >= 4 is 44.3 Å². The third-order valence-corrected chi connectivity index (χ3v) is 7.62.